The number of carbonyl (C=O) groups excluding carboxylic acids is 1. The predicted octanol–water partition coefficient (Wildman–Crippen LogP) is 0.869. The first-order valence-electron chi connectivity index (χ1n) is 5.05. The number of benzene rings is 1. The van der Waals surface area contributed by atoms with Crippen molar-refractivity contribution in [2.45, 2.75) is 17.7 Å². The summed E-state index contributed by atoms with van der Waals surface area (Å²) in [5.74, 6) is -0.594. The average molecular weight is 250 g/mol. The first kappa shape index (κ1) is 11.6. The molecule has 1 aliphatic heterocycles. The summed E-state index contributed by atoms with van der Waals surface area (Å²) in [6, 6.07) is 6.15. The van der Waals surface area contributed by atoms with Crippen LogP contribution in [0.25, 0.3) is 0 Å². The van der Waals surface area contributed by atoms with Crippen molar-refractivity contribution in [2.24, 2.45) is 0 Å². The molecule has 1 amide bonds. The number of nitrogens with one attached hydrogen (secondary N) is 1. The first-order valence-corrected chi connectivity index (χ1v) is 6.70. The van der Waals surface area contributed by atoms with Gasteiger partial charge in [0.2, 0.25) is 5.91 Å². The van der Waals surface area contributed by atoms with Gasteiger partial charge in [0.25, 0.3) is 0 Å². The normalized spacial score (nSPS) is 14.6. The third-order valence-electron chi connectivity index (χ3n) is 2.59. The number of amides is 1. The van der Waals surface area contributed by atoms with Crippen LogP contribution in [0.2, 0.25) is 0 Å². The van der Waals surface area contributed by atoms with Crippen LogP contribution in [0.1, 0.15) is 12.0 Å². The van der Waals surface area contributed by atoms with E-state index in [1.165, 1.54) is 12.1 Å². The number of aryl methyl sites for hydroxylation is 1. The van der Waals surface area contributed by atoms with Crippen LogP contribution in [-0.2, 0) is 21.1 Å². The summed E-state index contributed by atoms with van der Waals surface area (Å²) >= 11 is 0. The van der Waals surface area contributed by atoms with Crippen molar-refractivity contribution in [3.63, 3.8) is 0 Å². The Balaban J connectivity index is 2.42. The third-order valence-corrected chi connectivity index (χ3v) is 4.07. The van der Waals surface area contributed by atoms with E-state index in [9.17, 15) is 13.2 Å². The molecule has 88 valence electrons. The minimum absolute atomic E-state index is 0.0647. The number of nitrogens with zero attached hydrogens (tertiary/aromatic N) is 1. The van der Waals surface area contributed by atoms with Gasteiger partial charge >= 0.3 is 0 Å². The number of carbonyl (C=O) groups is 1. The summed E-state index contributed by atoms with van der Waals surface area (Å²) in [6.45, 7) is 0. The van der Waals surface area contributed by atoms with E-state index in [1.807, 2.05) is 0 Å². The van der Waals surface area contributed by atoms with Crippen LogP contribution in [0.15, 0.2) is 23.1 Å². The van der Waals surface area contributed by atoms with Crippen LogP contribution in [0, 0.1) is 11.3 Å². The molecule has 0 bridgehead atoms. The number of nitriles is 1. The van der Waals surface area contributed by atoms with E-state index >= 15 is 0 Å². The Bertz CT molecular complexity index is 614. The molecule has 0 spiro atoms. The van der Waals surface area contributed by atoms with Crippen molar-refractivity contribution in [2.75, 3.05) is 11.1 Å². The molecule has 1 aromatic rings. The molecule has 1 heterocycles. The fourth-order valence-electron chi connectivity index (χ4n) is 1.72. The van der Waals surface area contributed by atoms with E-state index in [4.69, 9.17) is 5.26 Å². The van der Waals surface area contributed by atoms with Gasteiger partial charge in [0, 0.05) is 12.1 Å². The monoisotopic (exact) mass is 250 g/mol. The van der Waals surface area contributed by atoms with Crippen molar-refractivity contribution >= 4 is 21.4 Å². The Kier molecular flexibility index (Phi) is 2.86. The van der Waals surface area contributed by atoms with Crippen LogP contribution in [0.3, 0.4) is 0 Å². The van der Waals surface area contributed by atoms with Gasteiger partial charge < -0.3 is 5.32 Å². The van der Waals surface area contributed by atoms with Gasteiger partial charge in [0.05, 0.1) is 11.0 Å². The largest absolute Gasteiger partial charge is 0.326 e. The highest BCUT2D eigenvalue weighted by atomic mass is 32.2. The van der Waals surface area contributed by atoms with Crippen molar-refractivity contribution < 1.29 is 13.2 Å². The topological polar surface area (TPSA) is 87.0 Å². The lowest BCUT2D eigenvalue weighted by Gasteiger charge is -2.17. The molecule has 0 fully saturated rings. The second kappa shape index (κ2) is 4.18. The second-order valence-electron chi connectivity index (χ2n) is 3.78. The van der Waals surface area contributed by atoms with Gasteiger partial charge in [-0.3, -0.25) is 4.79 Å². The maximum Gasteiger partial charge on any atom is 0.224 e. The zero-order valence-corrected chi connectivity index (χ0v) is 9.75. The molecule has 1 aromatic carbocycles. The van der Waals surface area contributed by atoms with Crippen molar-refractivity contribution in [3.05, 3.63) is 23.8 Å². The SMILES string of the molecule is N#CCS(=O)(=O)c1ccc2c(c1)CCC(=O)N2. The van der Waals surface area contributed by atoms with Gasteiger partial charge in [0.1, 0.15) is 5.75 Å². The van der Waals surface area contributed by atoms with Gasteiger partial charge in [-0.1, -0.05) is 0 Å². The smallest absolute Gasteiger partial charge is 0.224 e. The van der Waals surface area contributed by atoms with E-state index in [1.54, 1.807) is 12.1 Å². The van der Waals surface area contributed by atoms with Crippen LogP contribution in [-0.4, -0.2) is 20.1 Å². The Hall–Kier alpha value is -1.87. The lowest BCUT2D eigenvalue weighted by molar-refractivity contribution is -0.116. The maximum absolute atomic E-state index is 11.7. The molecule has 0 saturated carbocycles. The highest BCUT2D eigenvalue weighted by Crippen LogP contribution is 2.25. The number of hydrogen-bond acceptors (Lipinski definition) is 4. The molecule has 0 atom stereocenters. The summed E-state index contributed by atoms with van der Waals surface area (Å²) in [4.78, 5) is 11.3. The first-order chi connectivity index (χ1) is 8.03. The highest BCUT2D eigenvalue weighted by Gasteiger charge is 2.19. The molecular formula is C11H10N2O3S. The average Bonchev–Trinajstić information content (AvgIpc) is 2.28. The molecule has 0 aromatic heterocycles. The molecule has 5 nitrogen and oxygen atoms in total. The number of rotatable bonds is 2. The summed E-state index contributed by atoms with van der Waals surface area (Å²) in [7, 11) is -3.53. The Morgan fingerprint density at radius 1 is 1.35 bits per heavy atom. The molecule has 2 rings (SSSR count). The molecule has 0 radical (unpaired) electrons. The number of sulfone groups is 1. The molecule has 1 aliphatic rings. The molecule has 0 aliphatic carbocycles. The van der Waals surface area contributed by atoms with Gasteiger partial charge in [-0.05, 0) is 30.2 Å². The maximum atomic E-state index is 11.7. The summed E-state index contributed by atoms with van der Waals surface area (Å²) in [6.07, 6.45) is 0.881. The zero-order chi connectivity index (χ0) is 12.5. The van der Waals surface area contributed by atoms with E-state index in [0.29, 0.717) is 18.5 Å². The van der Waals surface area contributed by atoms with E-state index < -0.39 is 15.6 Å². The molecule has 0 unspecified atom stereocenters. The molecular weight excluding hydrogens is 240 g/mol. The number of anilines is 1. The Morgan fingerprint density at radius 3 is 2.82 bits per heavy atom. The van der Waals surface area contributed by atoms with Crippen molar-refractivity contribution in [1.29, 1.82) is 5.26 Å². The van der Waals surface area contributed by atoms with Gasteiger partial charge in [-0.2, -0.15) is 5.26 Å². The van der Waals surface area contributed by atoms with Gasteiger partial charge in [-0.25, -0.2) is 8.42 Å². The minimum Gasteiger partial charge on any atom is -0.326 e. The third kappa shape index (κ3) is 2.29. The van der Waals surface area contributed by atoms with E-state index in [2.05, 4.69) is 5.32 Å². The summed E-state index contributed by atoms with van der Waals surface area (Å²) in [5, 5.41) is 11.1. The fourth-order valence-corrected chi connectivity index (χ4v) is 2.66. The number of fused-ring (bicyclic) bond motifs is 1. The van der Waals surface area contributed by atoms with Crippen molar-refractivity contribution in [3.8, 4) is 6.07 Å². The van der Waals surface area contributed by atoms with Gasteiger partial charge in [0.15, 0.2) is 9.84 Å². The quantitative estimate of drug-likeness (QED) is 0.843. The molecule has 6 heteroatoms. The molecule has 17 heavy (non-hydrogen) atoms. The molecule has 1 N–H and O–H groups in total. The van der Waals surface area contributed by atoms with Crippen molar-refractivity contribution in [1.82, 2.24) is 0 Å². The van der Waals surface area contributed by atoms with E-state index in [-0.39, 0.29) is 10.8 Å². The fraction of sp³-hybridized carbons (Fsp3) is 0.273. The van der Waals surface area contributed by atoms with Gasteiger partial charge in [-0.15, -0.1) is 0 Å². The zero-order valence-electron chi connectivity index (χ0n) is 8.93. The molecule has 0 saturated heterocycles. The summed E-state index contributed by atoms with van der Waals surface area (Å²) < 4.78 is 23.3. The number of hydrogen-bond donors (Lipinski definition) is 1. The van der Waals surface area contributed by atoms with Crippen LogP contribution < -0.4 is 5.32 Å². The Labute approximate surface area is 99.0 Å². The summed E-state index contributed by atoms with van der Waals surface area (Å²) in [5.41, 5.74) is 1.45. The predicted molar refractivity (Wildman–Crippen MR) is 61.1 cm³/mol. The lowest BCUT2D eigenvalue weighted by atomic mass is 10.0. The van der Waals surface area contributed by atoms with E-state index in [0.717, 1.165) is 5.56 Å². The second-order valence-corrected chi connectivity index (χ2v) is 5.77. The van der Waals surface area contributed by atoms with Crippen LogP contribution >= 0.6 is 0 Å². The van der Waals surface area contributed by atoms with Crippen LogP contribution in [0.5, 0.6) is 0 Å². The van der Waals surface area contributed by atoms with Crippen LogP contribution in [0.4, 0.5) is 5.69 Å². The highest BCUT2D eigenvalue weighted by molar-refractivity contribution is 7.91. The lowest BCUT2D eigenvalue weighted by Crippen LogP contribution is -2.19. The Morgan fingerprint density at radius 2 is 2.12 bits per heavy atom. The standard InChI is InChI=1S/C11H10N2O3S/c12-5-6-17(15,16)9-2-3-10-8(7-9)1-4-11(14)13-10/h2-3,7H,1,4,6H2,(H,13,14). The minimum atomic E-state index is -3.53.